The Hall–Kier alpha value is -4.93. The van der Waals surface area contributed by atoms with Gasteiger partial charge in [-0.25, -0.2) is 4.79 Å². The monoisotopic (exact) mass is 1050 g/mol. The number of ether oxygens (including phenoxy) is 1. The van der Waals surface area contributed by atoms with Crippen molar-refractivity contribution in [1.82, 2.24) is 30.8 Å². The van der Waals surface area contributed by atoms with Gasteiger partial charge in [0, 0.05) is 105 Å². The number of rotatable bonds is 12. The minimum Gasteiger partial charge on any atom is -0.444 e. The number of aromatic amines is 2. The highest BCUT2D eigenvalue weighted by Gasteiger charge is 2.31. The van der Waals surface area contributed by atoms with Gasteiger partial charge in [-0.2, -0.15) is 0 Å². The number of anilines is 2. The standard InChI is InChI=1S/C28H39BrN4O4.C23H31BrN4O2/c1-8-33(21-9-11-32(12-10-21)27(36)37-28(5,6)7)24-15-20(29)14-22(19(24)4)25(34)30-16-23-17(2)13-18(3)31-26(23)35;1-5-28(18-6-8-25-9-7-18)21-12-17(24)11-19(16(21)4)22(29)26-13-20-14(2)10-15(3)27-23(20)30/h13-15,21H,8-12,16H2,1-7H3,(H,30,34)(H,31,35);10-12,18,25H,5-9,13H2,1-4H3,(H,26,29)(H,27,30). The number of aryl methyl sites for hydroxylation is 4. The van der Waals surface area contributed by atoms with Crippen LogP contribution < -0.4 is 36.9 Å². The number of likely N-dealkylation sites (tertiary alicyclic amines) is 1. The van der Waals surface area contributed by atoms with Crippen LogP contribution in [0.5, 0.6) is 0 Å². The first-order valence-corrected chi connectivity index (χ1v) is 25.0. The van der Waals surface area contributed by atoms with E-state index in [9.17, 15) is 24.0 Å². The molecule has 4 aromatic rings. The number of hydrogen-bond donors (Lipinski definition) is 5. The van der Waals surface area contributed by atoms with E-state index in [4.69, 9.17) is 4.74 Å². The predicted octanol–water partition coefficient (Wildman–Crippen LogP) is 8.79. The van der Waals surface area contributed by atoms with Gasteiger partial charge in [0.2, 0.25) is 0 Å². The van der Waals surface area contributed by atoms with E-state index >= 15 is 0 Å². The molecule has 0 spiro atoms. The van der Waals surface area contributed by atoms with Crippen molar-refractivity contribution in [3.63, 3.8) is 0 Å². The number of H-pyrrole nitrogens is 2. The molecule has 2 saturated heterocycles. The molecule has 2 fully saturated rings. The molecule has 16 heteroatoms. The molecule has 0 unspecified atom stereocenters. The van der Waals surface area contributed by atoms with E-state index < -0.39 is 5.60 Å². The van der Waals surface area contributed by atoms with Crippen molar-refractivity contribution in [2.75, 3.05) is 49.1 Å². The number of amides is 3. The smallest absolute Gasteiger partial charge is 0.410 e. The molecule has 4 heterocycles. The molecule has 0 saturated carbocycles. The van der Waals surface area contributed by atoms with Gasteiger partial charge < -0.3 is 45.4 Å². The Labute approximate surface area is 412 Å². The molecule has 2 aromatic heterocycles. The van der Waals surface area contributed by atoms with Crippen molar-refractivity contribution >= 4 is 61.1 Å². The summed E-state index contributed by atoms with van der Waals surface area (Å²) in [4.78, 5) is 75.5. The lowest BCUT2D eigenvalue weighted by atomic mass is 9.99. The first kappa shape index (κ1) is 53.0. The zero-order valence-electron chi connectivity index (χ0n) is 41.2. The first-order valence-electron chi connectivity index (χ1n) is 23.4. The average Bonchev–Trinajstić information content (AvgIpc) is 3.25. The number of carbonyl (C=O) groups is 3. The largest absolute Gasteiger partial charge is 0.444 e. The number of benzene rings is 2. The maximum Gasteiger partial charge on any atom is 0.410 e. The van der Waals surface area contributed by atoms with E-state index in [0.717, 1.165) is 106 Å². The third kappa shape index (κ3) is 13.8. The van der Waals surface area contributed by atoms with Crippen LogP contribution in [0.1, 0.15) is 126 Å². The molecule has 0 aliphatic carbocycles. The lowest BCUT2D eigenvalue weighted by Gasteiger charge is -2.40. The Morgan fingerprint density at radius 1 is 0.672 bits per heavy atom. The lowest BCUT2D eigenvalue weighted by molar-refractivity contribution is 0.0204. The second-order valence-corrected chi connectivity index (χ2v) is 20.5. The quantitative estimate of drug-likeness (QED) is 0.0931. The van der Waals surface area contributed by atoms with Gasteiger partial charge in [-0.15, -0.1) is 0 Å². The minimum absolute atomic E-state index is 0.150. The third-order valence-electron chi connectivity index (χ3n) is 12.6. The summed E-state index contributed by atoms with van der Waals surface area (Å²) in [7, 11) is 0. The highest BCUT2D eigenvalue weighted by molar-refractivity contribution is 9.10. The van der Waals surface area contributed by atoms with Crippen LogP contribution in [0, 0.1) is 41.5 Å². The zero-order valence-corrected chi connectivity index (χ0v) is 44.3. The van der Waals surface area contributed by atoms with Crippen LogP contribution in [0.4, 0.5) is 16.2 Å². The third-order valence-corrected chi connectivity index (χ3v) is 13.5. The molecule has 0 radical (unpaired) electrons. The fourth-order valence-electron chi connectivity index (χ4n) is 9.18. The zero-order chi connectivity index (χ0) is 49.3. The number of carbonyl (C=O) groups excluding carboxylic acids is 3. The number of hydrogen-bond acceptors (Lipinski definition) is 9. The SMILES string of the molecule is CCN(c1cc(Br)cc(C(=O)NCc2c(C)cc(C)[nH]c2=O)c1C)C1CCN(C(=O)OC(C)(C)C)CC1.CCN(c1cc(Br)cc(C(=O)NCc2c(C)cc(C)[nH]c2=O)c1C)C1CCNCC1. The summed E-state index contributed by atoms with van der Waals surface area (Å²) < 4.78 is 7.23. The van der Waals surface area contributed by atoms with Crippen molar-refractivity contribution in [2.45, 2.75) is 133 Å². The lowest BCUT2D eigenvalue weighted by Crippen LogP contribution is -2.48. The van der Waals surface area contributed by atoms with Crippen LogP contribution in [0.15, 0.2) is 54.9 Å². The Morgan fingerprint density at radius 2 is 1.07 bits per heavy atom. The molecule has 14 nitrogen and oxygen atoms in total. The Bertz CT molecular complexity index is 2540. The minimum atomic E-state index is -0.514. The van der Waals surface area contributed by atoms with Crippen LogP contribution in [-0.4, -0.2) is 89.7 Å². The Kier molecular flexibility index (Phi) is 18.5. The Balaban J connectivity index is 0.000000256. The summed E-state index contributed by atoms with van der Waals surface area (Å²) in [6.07, 6.45) is 3.55. The summed E-state index contributed by atoms with van der Waals surface area (Å²) in [5.41, 5.74) is 8.76. The van der Waals surface area contributed by atoms with Crippen molar-refractivity contribution in [1.29, 1.82) is 0 Å². The van der Waals surface area contributed by atoms with Crippen LogP contribution in [0.25, 0.3) is 0 Å². The maximum atomic E-state index is 13.2. The van der Waals surface area contributed by atoms with Gasteiger partial charge >= 0.3 is 6.09 Å². The second-order valence-electron chi connectivity index (χ2n) is 18.7. The van der Waals surface area contributed by atoms with Crippen molar-refractivity contribution in [2.24, 2.45) is 0 Å². The molecule has 3 amide bonds. The number of piperidine rings is 2. The van der Waals surface area contributed by atoms with Crippen molar-refractivity contribution < 1.29 is 19.1 Å². The highest BCUT2D eigenvalue weighted by atomic mass is 79.9. The summed E-state index contributed by atoms with van der Waals surface area (Å²) in [5.74, 6) is -0.397. The molecule has 0 atom stereocenters. The summed E-state index contributed by atoms with van der Waals surface area (Å²) in [5, 5.41) is 9.29. The maximum absolute atomic E-state index is 13.2. The van der Waals surface area contributed by atoms with E-state index in [2.05, 4.69) is 87.5 Å². The van der Waals surface area contributed by atoms with Crippen LogP contribution in [-0.2, 0) is 17.8 Å². The van der Waals surface area contributed by atoms with E-state index in [-0.39, 0.29) is 48.2 Å². The predicted molar refractivity (Wildman–Crippen MR) is 276 cm³/mol. The fourth-order valence-corrected chi connectivity index (χ4v) is 10.1. The van der Waals surface area contributed by atoms with Crippen LogP contribution in [0.2, 0.25) is 0 Å². The molecule has 2 aromatic carbocycles. The van der Waals surface area contributed by atoms with E-state index in [1.165, 1.54) is 0 Å². The Morgan fingerprint density at radius 3 is 1.45 bits per heavy atom. The molecular formula is C51H70Br2N8O6. The van der Waals surface area contributed by atoms with Gasteiger partial charge in [0.15, 0.2) is 0 Å². The fraction of sp³-hybridized carbons (Fsp3) is 0.510. The van der Waals surface area contributed by atoms with E-state index in [0.29, 0.717) is 41.4 Å². The van der Waals surface area contributed by atoms with Crippen molar-refractivity contribution in [3.8, 4) is 0 Å². The number of nitrogens with one attached hydrogen (secondary N) is 5. The number of nitrogens with zero attached hydrogens (tertiary/aromatic N) is 3. The summed E-state index contributed by atoms with van der Waals surface area (Å²) in [6.45, 7) is 26.6. The van der Waals surface area contributed by atoms with E-state index in [1.807, 2.05) is 92.6 Å². The molecular weight excluding hydrogens is 980 g/mol. The molecule has 5 N–H and O–H groups in total. The molecule has 364 valence electrons. The number of aromatic nitrogens is 2. The van der Waals surface area contributed by atoms with Gasteiger partial charge in [0.1, 0.15) is 5.60 Å². The summed E-state index contributed by atoms with van der Waals surface area (Å²) >= 11 is 7.18. The summed E-state index contributed by atoms with van der Waals surface area (Å²) in [6, 6.07) is 12.4. The molecule has 67 heavy (non-hydrogen) atoms. The second kappa shape index (κ2) is 23.4. The molecule has 2 aliphatic rings. The van der Waals surface area contributed by atoms with Crippen LogP contribution in [0.3, 0.4) is 0 Å². The van der Waals surface area contributed by atoms with E-state index in [1.54, 1.807) is 4.90 Å². The normalized spacial score (nSPS) is 14.5. The van der Waals surface area contributed by atoms with Gasteiger partial charge in [-0.05, 0) is 174 Å². The van der Waals surface area contributed by atoms with Gasteiger partial charge in [0.05, 0.1) is 0 Å². The number of halogens is 2. The van der Waals surface area contributed by atoms with Gasteiger partial charge in [0.25, 0.3) is 22.9 Å². The molecule has 0 bridgehead atoms. The topological polar surface area (TPSA) is 172 Å². The average molecular weight is 1050 g/mol. The molecule has 2 aliphatic heterocycles. The van der Waals surface area contributed by atoms with Crippen LogP contribution >= 0.6 is 31.9 Å². The molecule has 6 rings (SSSR count). The number of pyridine rings is 2. The van der Waals surface area contributed by atoms with Gasteiger partial charge in [-0.3, -0.25) is 19.2 Å². The van der Waals surface area contributed by atoms with Gasteiger partial charge in [-0.1, -0.05) is 31.9 Å². The highest BCUT2D eigenvalue weighted by Crippen LogP contribution is 2.34. The van der Waals surface area contributed by atoms with Crippen molar-refractivity contribution in [3.05, 3.63) is 122 Å². The first-order chi connectivity index (χ1) is 31.6.